The highest BCUT2D eigenvalue weighted by Gasteiger charge is 2.33. The minimum atomic E-state index is -0.726. The Morgan fingerprint density at radius 2 is 1.68 bits per heavy atom. The number of likely N-dealkylation sites (tertiary alicyclic amines) is 1. The molecule has 1 N–H and O–H groups in total. The summed E-state index contributed by atoms with van der Waals surface area (Å²) in [5.41, 5.74) is 4.34. The van der Waals surface area contributed by atoms with E-state index in [1.165, 1.54) is 5.52 Å². The van der Waals surface area contributed by atoms with E-state index in [0.29, 0.717) is 23.8 Å². The molecule has 0 unspecified atom stereocenters. The van der Waals surface area contributed by atoms with Crippen LogP contribution in [0.2, 0.25) is 0 Å². The maximum absolute atomic E-state index is 11.3. The van der Waals surface area contributed by atoms with Crippen LogP contribution in [0.15, 0.2) is 89.9 Å². The topological polar surface area (TPSA) is 83.5 Å². The first kappa shape index (κ1) is 31.4. The van der Waals surface area contributed by atoms with Crippen molar-refractivity contribution < 1.29 is 9.63 Å². The predicted octanol–water partition coefficient (Wildman–Crippen LogP) is 7.47. The third-order valence-corrected chi connectivity index (χ3v) is 8.51. The first-order chi connectivity index (χ1) is 21.0. The van der Waals surface area contributed by atoms with Gasteiger partial charge in [0.2, 0.25) is 0 Å². The molecule has 1 aliphatic rings. The molecule has 44 heavy (non-hydrogen) atoms. The summed E-state index contributed by atoms with van der Waals surface area (Å²) in [6.45, 7) is 9.69. The SMILES string of the molecule is CC=CN(C=CC)c1ccc2c(c1)c1cc(-c3nc(CC)no3)ncc1n2CCCN1CCC(O)(c2ccccc2)CC1.Cl. The van der Waals surface area contributed by atoms with Crippen LogP contribution < -0.4 is 4.90 Å². The quantitative estimate of drug-likeness (QED) is 0.175. The van der Waals surface area contributed by atoms with Crippen molar-refractivity contribution in [2.24, 2.45) is 0 Å². The lowest BCUT2D eigenvalue weighted by molar-refractivity contribution is -0.0261. The molecular formula is C35H41ClN6O2. The first-order valence-corrected chi connectivity index (χ1v) is 15.3. The van der Waals surface area contributed by atoms with E-state index >= 15 is 0 Å². The predicted molar refractivity (Wildman–Crippen MR) is 180 cm³/mol. The second-order valence-electron chi connectivity index (χ2n) is 11.3. The minimum absolute atomic E-state index is 0. The summed E-state index contributed by atoms with van der Waals surface area (Å²) >= 11 is 0. The number of halogens is 1. The van der Waals surface area contributed by atoms with Gasteiger partial charge in [-0.2, -0.15) is 4.98 Å². The van der Waals surface area contributed by atoms with Crippen LogP contribution in [0.3, 0.4) is 0 Å². The largest absolute Gasteiger partial charge is 0.385 e. The van der Waals surface area contributed by atoms with E-state index in [9.17, 15) is 5.11 Å². The molecule has 0 spiro atoms. The Bertz CT molecular complexity index is 1740. The molecule has 1 saturated heterocycles. The Hall–Kier alpha value is -3.98. The van der Waals surface area contributed by atoms with Gasteiger partial charge in [0.1, 0.15) is 5.69 Å². The van der Waals surface area contributed by atoms with Gasteiger partial charge in [-0.05, 0) is 69.5 Å². The Morgan fingerprint density at radius 1 is 0.955 bits per heavy atom. The summed E-state index contributed by atoms with van der Waals surface area (Å²) in [6.07, 6.45) is 13.4. The van der Waals surface area contributed by atoms with E-state index in [-0.39, 0.29) is 12.4 Å². The number of pyridine rings is 1. The molecule has 3 aromatic heterocycles. The van der Waals surface area contributed by atoms with Crippen molar-refractivity contribution in [1.29, 1.82) is 0 Å². The van der Waals surface area contributed by atoms with Crippen molar-refractivity contribution >= 4 is 39.9 Å². The van der Waals surface area contributed by atoms with Gasteiger partial charge >= 0.3 is 0 Å². The third kappa shape index (κ3) is 6.29. The van der Waals surface area contributed by atoms with E-state index in [1.54, 1.807) is 0 Å². The zero-order valence-corrected chi connectivity index (χ0v) is 26.5. The lowest BCUT2D eigenvalue weighted by Gasteiger charge is -2.38. The monoisotopic (exact) mass is 612 g/mol. The molecule has 0 amide bonds. The summed E-state index contributed by atoms with van der Waals surface area (Å²) in [5, 5.41) is 17.6. The minimum Gasteiger partial charge on any atom is -0.385 e. The number of nitrogens with zero attached hydrogens (tertiary/aromatic N) is 6. The van der Waals surface area contributed by atoms with Gasteiger partial charge in [0.25, 0.3) is 5.89 Å². The number of aromatic nitrogens is 4. The zero-order chi connectivity index (χ0) is 29.8. The van der Waals surface area contributed by atoms with Gasteiger partial charge in [0.15, 0.2) is 5.82 Å². The fourth-order valence-electron chi connectivity index (χ4n) is 6.18. The van der Waals surface area contributed by atoms with Crippen molar-refractivity contribution in [2.75, 3.05) is 24.5 Å². The van der Waals surface area contributed by atoms with Crippen molar-refractivity contribution in [3.8, 4) is 11.6 Å². The van der Waals surface area contributed by atoms with Gasteiger partial charge in [-0.3, -0.25) is 0 Å². The molecule has 0 saturated carbocycles. The maximum atomic E-state index is 11.3. The molecule has 0 bridgehead atoms. The van der Waals surface area contributed by atoms with Crippen LogP contribution in [-0.2, 0) is 18.6 Å². The number of benzene rings is 2. The highest BCUT2D eigenvalue weighted by atomic mass is 35.5. The summed E-state index contributed by atoms with van der Waals surface area (Å²) in [7, 11) is 0. The number of piperidine rings is 1. The average molecular weight is 613 g/mol. The highest BCUT2D eigenvalue weighted by molar-refractivity contribution is 6.09. The molecule has 2 aromatic carbocycles. The molecule has 5 aromatic rings. The first-order valence-electron chi connectivity index (χ1n) is 15.3. The van der Waals surface area contributed by atoms with Crippen LogP contribution in [0.25, 0.3) is 33.4 Å². The summed E-state index contributed by atoms with van der Waals surface area (Å²) < 4.78 is 7.92. The maximum Gasteiger partial charge on any atom is 0.276 e. The molecule has 1 aliphatic heterocycles. The summed E-state index contributed by atoms with van der Waals surface area (Å²) in [6, 6.07) is 18.8. The zero-order valence-electron chi connectivity index (χ0n) is 25.7. The van der Waals surface area contributed by atoms with Crippen molar-refractivity contribution in [2.45, 2.75) is 58.6 Å². The summed E-state index contributed by atoms with van der Waals surface area (Å²) in [5.74, 6) is 1.12. The smallest absolute Gasteiger partial charge is 0.276 e. The Kier molecular flexibility index (Phi) is 9.84. The standard InChI is InChI=1S/C35H40N6O2.ClH/c1-4-17-40(18-5-2)27-13-14-31-28(23-27)29-24-30(34-37-33(6-3)38-43-34)36-25-32(29)41(31)20-10-19-39-21-15-35(42,16-22-39)26-11-8-7-9-12-26;/h4-5,7-9,11-14,17-18,23-25,42H,6,10,15-16,19-22H2,1-3H3;1H. The number of aliphatic hydroxyl groups is 1. The van der Waals surface area contributed by atoms with Gasteiger partial charge in [0, 0.05) is 60.4 Å². The molecular weight excluding hydrogens is 572 g/mol. The number of fused-ring (bicyclic) bond motifs is 3. The van der Waals surface area contributed by atoms with E-state index in [1.807, 2.05) is 69.5 Å². The van der Waals surface area contributed by atoms with Gasteiger partial charge in [0.05, 0.1) is 17.3 Å². The van der Waals surface area contributed by atoms with Crippen LogP contribution in [0.1, 0.15) is 51.4 Å². The summed E-state index contributed by atoms with van der Waals surface area (Å²) in [4.78, 5) is 13.9. The molecule has 0 radical (unpaired) electrons. The molecule has 9 heteroatoms. The van der Waals surface area contributed by atoms with E-state index in [0.717, 1.165) is 73.0 Å². The average Bonchev–Trinajstić information content (AvgIpc) is 3.65. The molecule has 4 heterocycles. The van der Waals surface area contributed by atoms with Gasteiger partial charge in [-0.15, -0.1) is 12.4 Å². The fraction of sp³-hybridized carbons (Fsp3) is 0.343. The lowest BCUT2D eigenvalue weighted by Crippen LogP contribution is -2.43. The fourth-order valence-corrected chi connectivity index (χ4v) is 6.18. The van der Waals surface area contributed by atoms with Crippen LogP contribution in [0, 0.1) is 0 Å². The van der Waals surface area contributed by atoms with Crippen molar-refractivity contribution in [3.05, 3.63) is 96.7 Å². The molecule has 1 fully saturated rings. The highest BCUT2D eigenvalue weighted by Crippen LogP contribution is 2.35. The van der Waals surface area contributed by atoms with Gasteiger partial charge in [-0.25, -0.2) is 4.98 Å². The van der Waals surface area contributed by atoms with Crippen LogP contribution >= 0.6 is 12.4 Å². The molecule has 0 aliphatic carbocycles. The number of hydrogen-bond acceptors (Lipinski definition) is 7. The number of anilines is 1. The Morgan fingerprint density at radius 3 is 2.36 bits per heavy atom. The molecule has 8 nitrogen and oxygen atoms in total. The second-order valence-corrected chi connectivity index (χ2v) is 11.3. The normalized spacial score (nSPS) is 15.5. The van der Waals surface area contributed by atoms with E-state index in [4.69, 9.17) is 9.51 Å². The molecule has 0 atom stereocenters. The van der Waals surface area contributed by atoms with E-state index in [2.05, 4.69) is 61.2 Å². The third-order valence-electron chi connectivity index (χ3n) is 8.51. The van der Waals surface area contributed by atoms with Gasteiger partial charge < -0.3 is 24.0 Å². The molecule has 230 valence electrons. The number of allylic oxidation sites excluding steroid dienone is 2. The second kappa shape index (κ2) is 13.8. The van der Waals surface area contributed by atoms with Gasteiger partial charge in [-0.1, -0.05) is 54.6 Å². The number of rotatable bonds is 10. The Balaban J connectivity index is 0.00000384. The van der Waals surface area contributed by atoms with Crippen LogP contribution in [0.4, 0.5) is 5.69 Å². The number of aryl methyl sites for hydroxylation is 2. The number of hydrogen-bond donors (Lipinski definition) is 1. The lowest BCUT2D eigenvalue weighted by atomic mass is 9.84. The van der Waals surface area contributed by atoms with Crippen LogP contribution in [-0.4, -0.2) is 49.3 Å². The van der Waals surface area contributed by atoms with Crippen LogP contribution in [0.5, 0.6) is 0 Å². The molecule has 6 rings (SSSR count). The Labute approximate surface area is 265 Å². The van der Waals surface area contributed by atoms with Crippen molar-refractivity contribution in [1.82, 2.24) is 24.6 Å². The van der Waals surface area contributed by atoms with Crippen molar-refractivity contribution in [3.63, 3.8) is 0 Å². The van der Waals surface area contributed by atoms with E-state index < -0.39 is 5.60 Å².